The van der Waals surface area contributed by atoms with E-state index in [1.807, 2.05) is 40.5 Å². The fourth-order valence-electron chi connectivity index (χ4n) is 1.85. The second-order valence-electron chi connectivity index (χ2n) is 4.33. The average Bonchev–Trinajstić information content (AvgIpc) is 3.08. The van der Waals surface area contributed by atoms with Crippen LogP contribution < -0.4 is 5.32 Å². The van der Waals surface area contributed by atoms with E-state index < -0.39 is 5.97 Å². The summed E-state index contributed by atoms with van der Waals surface area (Å²) in [5, 5.41) is 13.2. The summed E-state index contributed by atoms with van der Waals surface area (Å²) in [4.78, 5) is 23.1. The van der Waals surface area contributed by atoms with Gasteiger partial charge in [-0.3, -0.25) is 9.59 Å². The molecule has 2 rings (SSSR count). The minimum atomic E-state index is -0.801. The van der Waals surface area contributed by atoms with E-state index in [1.54, 1.807) is 0 Å². The smallest absolute Gasteiger partial charge is 0.303 e. The summed E-state index contributed by atoms with van der Waals surface area (Å²) in [6.45, 7) is 0.495. The van der Waals surface area contributed by atoms with Crippen molar-refractivity contribution in [1.82, 2.24) is 9.88 Å². The molecular weight excluding hydrogens is 276 g/mol. The number of nitrogens with zero attached hydrogens (tertiary/aromatic N) is 1. The standard InChI is InChI=1S/C14H16N2O3S/c17-12(18)5-1-2-7-15-14(19)13-11(6-10-20-13)16-8-3-4-9-16/h3-4,6,8-10H,1-2,5,7H2,(H,15,19)(H,17,18). The van der Waals surface area contributed by atoms with Crippen LogP contribution in [0.2, 0.25) is 0 Å². The fraction of sp³-hybridized carbons (Fsp3) is 0.286. The Morgan fingerprint density at radius 3 is 2.70 bits per heavy atom. The lowest BCUT2D eigenvalue weighted by Crippen LogP contribution is -2.24. The summed E-state index contributed by atoms with van der Waals surface area (Å²) in [7, 11) is 0. The number of rotatable bonds is 7. The zero-order valence-electron chi connectivity index (χ0n) is 10.9. The first-order valence-corrected chi connectivity index (χ1v) is 7.27. The Morgan fingerprint density at radius 1 is 1.25 bits per heavy atom. The molecule has 20 heavy (non-hydrogen) atoms. The molecule has 2 aromatic heterocycles. The first-order valence-electron chi connectivity index (χ1n) is 6.39. The van der Waals surface area contributed by atoms with Crippen LogP contribution in [-0.2, 0) is 4.79 Å². The van der Waals surface area contributed by atoms with E-state index >= 15 is 0 Å². The van der Waals surface area contributed by atoms with Crippen LogP contribution in [0.1, 0.15) is 28.9 Å². The molecule has 0 bridgehead atoms. The van der Waals surface area contributed by atoms with Crippen molar-refractivity contribution in [3.05, 3.63) is 40.8 Å². The van der Waals surface area contributed by atoms with Crippen LogP contribution in [0.5, 0.6) is 0 Å². The third kappa shape index (κ3) is 3.71. The Bertz CT molecular complexity index is 575. The molecule has 2 N–H and O–H groups in total. The lowest BCUT2D eigenvalue weighted by molar-refractivity contribution is -0.137. The van der Waals surface area contributed by atoms with Crippen molar-refractivity contribution in [2.24, 2.45) is 0 Å². The number of amides is 1. The van der Waals surface area contributed by atoms with Gasteiger partial charge < -0.3 is 15.0 Å². The molecule has 0 atom stereocenters. The van der Waals surface area contributed by atoms with Gasteiger partial charge in [0.05, 0.1) is 5.69 Å². The Kier molecular flexibility index (Phi) is 4.95. The third-order valence-corrected chi connectivity index (χ3v) is 3.74. The highest BCUT2D eigenvalue weighted by atomic mass is 32.1. The van der Waals surface area contributed by atoms with Crippen LogP contribution in [0, 0.1) is 0 Å². The molecule has 106 valence electrons. The van der Waals surface area contributed by atoms with Gasteiger partial charge in [-0.05, 0) is 36.4 Å². The zero-order valence-corrected chi connectivity index (χ0v) is 11.7. The predicted molar refractivity (Wildman–Crippen MR) is 77.5 cm³/mol. The number of carboxylic acids is 1. The van der Waals surface area contributed by atoms with Crippen LogP contribution in [0.25, 0.3) is 5.69 Å². The van der Waals surface area contributed by atoms with Crippen molar-refractivity contribution in [3.63, 3.8) is 0 Å². The molecule has 0 saturated carbocycles. The molecule has 5 nitrogen and oxygen atoms in total. The minimum Gasteiger partial charge on any atom is -0.481 e. The summed E-state index contributed by atoms with van der Waals surface area (Å²) in [5.74, 6) is -0.913. The highest BCUT2D eigenvalue weighted by Gasteiger charge is 2.13. The van der Waals surface area contributed by atoms with Crippen molar-refractivity contribution in [1.29, 1.82) is 0 Å². The lowest BCUT2D eigenvalue weighted by atomic mass is 10.2. The Morgan fingerprint density at radius 2 is 2.00 bits per heavy atom. The number of hydrogen-bond donors (Lipinski definition) is 2. The van der Waals surface area contributed by atoms with Gasteiger partial charge in [-0.1, -0.05) is 0 Å². The molecule has 0 radical (unpaired) electrons. The summed E-state index contributed by atoms with van der Waals surface area (Å²) in [6.07, 6.45) is 5.17. The lowest BCUT2D eigenvalue weighted by Gasteiger charge is -2.06. The molecule has 0 fully saturated rings. The molecule has 2 aromatic rings. The SMILES string of the molecule is O=C(O)CCCCNC(=O)c1sccc1-n1cccc1. The predicted octanol–water partition coefficient (Wildman–Crippen LogP) is 2.52. The fourth-order valence-corrected chi connectivity index (χ4v) is 2.66. The van der Waals surface area contributed by atoms with E-state index in [4.69, 9.17) is 5.11 Å². The molecule has 0 saturated heterocycles. The number of carbonyl (C=O) groups is 2. The van der Waals surface area contributed by atoms with Gasteiger partial charge in [-0.15, -0.1) is 11.3 Å². The topological polar surface area (TPSA) is 71.3 Å². The van der Waals surface area contributed by atoms with Gasteiger partial charge in [0.1, 0.15) is 4.88 Å². The molecule has 0 aliphatic rings. The molecule has 0 aliphatic carbocycles. The third-order valence-electron chi connectivity index (χ3n) is 2.84. The van der Waals surface area contributed by atoms with Crippen molar-refractivity contribution in [2.45, 2.75) is 19.3 Å². The van der Waals surface area contributed by atoms with E-state index in [2.05, 4.69) is 5.32 Å². The quantitative estimate of drug-likeness (QED) is 0.770. The summed E-state index contributed by atoms with van der Waals surface area (Å²) >= 11 is 1.40. The second-order valence-corrected chi connectivity index (χ2v) is 5.25. The molecule has 0 unspecified atom stereocenters. The molecule has 1 amide bonds. The van der Waals surface area contributed by atoms with E-state index in [0.29, 0.717) is 24.3 Å². The number of aromatic nitrogens is 1. The molecule has 6 heteroatoms. The van der Waals surface area contributed by atoms with Gasteiger partial charge >= 0.3 is 5.97 Å². The Labute approximate surface area is 120 Å². The maximum Gasteiger partial charge on any atom is 0.303 e. The monoisotopic (exact) mass is 292 g/mol. The number of carbonyl (C=O) groups excluding carboxylic acids is 1. The van der Waals surface area contributed by atoms with Crippen molar-refractivity contribution < 1.29 is 14.7 Å². The van der Waals surface area contributed by atoms with Gasteiger partial charge in [0, 0.05) is 25.4 Å². The molecule has 2 heterocycles. The highest BCUT2D eigenvalue weighted by molar-refractivity contribution is 7.12. The van der Waals surface area contributed by atoms with Crippen LogP contribution >= 0.6 is 11.3 Å². The van der Waals surface area contributed by atoms with Gasteiger partial charge in [-0.2, -0.15) is 0 Å². The summed E-state index contributed by atoms with van der Waals surface area (Å²) in [5.41, 5.74) is 0.864. The first-order chi connectivity index (χ1) is 9.68. The number of aliphatic carboxylic acids is 1. The first kappa shape index (κ1) is 14.3. The Hall–Kier alpha value is -2.08. The number of thiophene rings is 1. The number of unbranched alkanes of at least 4 members (excludes halogenated alkanes) is 1. The summed E-state index contributed by atoms with van der Waals surface area (Å²) in [6, 6.07) is 5.72. The summed E-state index contributed by atoms with van der Waals surface area (Å²) < 4.78 is 1.90. The zero-order chi connectivity index (χ0) is 14.4. The van der Waals surface area contributed by atoms with Crippen LogP contribution in [0.15, 0.2) is 36.0 Å². The highest BCUT2D eigenvalue weighted by Crippen LogP contribution is 2.21. The van der Waals surface area contributed by atoms with Gasteiger partial charge in [0.25, 0.3) is 5.91 Å². The van der Waals surface area contributed by atoms with Crippen molar-refractivity contribution in [2.75, 3.05) is 6.54 Å². The van der Waals surface area contributed by atoms with Crippen LogP contribution in [0.4, 0.5) is 0 Å². The van der Waals surface area contributed by atoms with Gasteiger partial charge in [-0.25, -0.2) is 0 Å². The van der Waals surface area contributed by atoms with E-state index in [-0.39, 0.29) is 12.3 Å². The number of hydrogen-bond acceptors (Lipinski definition) is 3. The van der Waals surface area contributed by atoms with E-state index in [0.717, 1.165) is 5.69 Å². The van der Waals surface area contributed by atoms with Crippen molar-refractivity contribution >= 4 is 23.2 Å². The van der Waals surface area contributed by atoms with Gasteiger partial charge in [0.2, 0.25) is 0 Å². The van der Waals surface area contributed by atoms with Crippen molar-refractivity contribution in [3.8, 4) is 5.69 Å². The molecule has 0 spiro atoms. The van der Waals surface area contributed by atoms with Crippen LogP contribution in [-0.4, -0.2) is 28.1 Å². The number of nitrogens with one attached hydrogen (secondary N) is 1. The van der Waals surface area contributed by atoms with Gasteiger partial charge in [0.15, 0.2) is 0 Å². The Balaban J connectivity index is 1.87. The largest absolute Gasteiger partial charge is 0.481 e. The van der Waals surface area contributed by atoms with E-state index in [1.165, 1.54) is 11.3 Å². The number of carboxylic acid groups (broad SMARTS) is 1. The molecular formula is C14H16N2O3S. The normalized spacial score (nSPS) is 10.4. The minimum absolute atomic E-state index is 0.112. The average molecular weight is 292 g/mol. The molecule has 0 aromatic carbocycles. The second kappa shape index (κ2) is 6.91. The molecule has 0 aliphatic heterocycles. The maximum atomic E-state index is 12.1. The van der Waals surface area contributed by atoms with E-state index in [9.17, 15) is 9.59 Å². The van der Waals surface area contributed by atoms with Crippen LogP contribution in [0.3, 0.4) is 0 Å². The maximum absolute atomic E-state index is 12.1.